The predicted molar refractivity (Wildman–Crippen MR) is 161 cm³/mol. The molecule has 1 radical (unpaired) electrons. The molecule has 3 heteroatoms. The van der Waals surface area contributed by atoms with Crippen molar-refractivity contribution >= 4 is 23.1 Å². The van der Waals surface area contributed by atoms with Crippen molar-refractivity contribution in [2.75, 3.05) is 0 Å². The topological polar surface area (TPSA) is 25.8 Å². The monoisotopic (exact) mass is 691 g/mol. The molecule has 0 unspecified atom stereocenters. The number of pyridine rings is 2. The van der Waals surface area contributed by atoms with Crippen molar-refractivity contribution in [2.45, 2.75) is 19.3 Å². The molecule has 2 aliphatic rings. The van der Waals surface area contributed by atoms with Crippen molar-refractivity contribution in [3.8, 4) is 33.6 Å². The summed E-state index contributed by atoms with van der Waals surface area (Å²) in [7, 11) is 0. The Kier molecular flexibility index (Phi) is 6.80. The fourth-order valence-electron chi connectivity index (χ4n) is 5.80. The predicted octanol–water partition coefficient (Wildman–Crippen LogP) is 9.04. The quantitative estimate of drug-likeness (QED) is 0.169. The summed E-state index contributed by atoms with van der Waals surface area (Å²) in [5.74, 6) is 0. The zero-order valence-electron chi connectivity index (χ0n) is 22.3. The average molecular weight is 691 g/mol. The summed E-state index contributed by atoms with van der Waals surface area (Å²) < 4.78 is 0. The molecule has 8 rings (SSSR count). The molecule has 195 valence electrons. The van der Waals surface area contributed by atoms with Gasteiger partial charge in [-0.2, -0.15) is 0 Å². The first-order valence-corrected chi connectivity index (χ1v) is 13.3. The van der Waals surface area contributed by atoms with E-state index < -0.39 is 0 Å². The van der Waals surface area contributed by atoms with Crippen LogP contribution in [-0.4, -0.2) is 9.97 Å². The van der Waals surface area contributed by atoms with Crippen LogP contribution in [0.25, 0.3) is 56.7 Å². The van der Waals surface area contributed by atoms with E-state index in [0.717, 1.165) is 28.0 Å². The Hall–Kier alpha value is -4.17. The summed E-state index contributed by atoms with van der Waals surface area (Å²) in [6.45, 7) is 4.58. The van der Waals surface area contributed by atoms with E-state index in [1.54, 1.807) is 0 Å². The normalized spacial score (nSPS) is 13.2. The summed E-state index contributed by atoms with van der Waals surface area (Å²) >= 11 is 0. The first-order valence-electron chi connectivity index (χ1n) is 13.3. The first kappa shape index (κ1) is 26.1. The second-order valence-corrected chi connectivity index (χ2v) is 10.5. The van der Waals surface area contributed by atoms with E-state index >= 15 is 0 Å². The van der Waals surface area contributed by atoms with Crippen molar-refractivity contribution in [3.63, 3.8) is 0 Å². The van der Waals surface area contributed by atoms with Gasteiger partial charge in [0.2, 0.25) is 0 Å². The molecule has 0 spiro atoms. The minimum atomic E-state index is 0. The van der Waals surface area contributed by atoms with Gasteiger partial charge in [0, 0.05) is 31.7 Å². The smallest absolute Gasteiger partial charge is 0.0607 e. The summed E-state index contributed by atoms with van der Waals surface area (Å²) in [4.78, 5) is 9.18. The van der Waals surface area contributed by atoms with Gasteiger partial charge in [0.15, 0.2) is 0 Å². The van der Waals surface area contributed by atoms with Crippen LogP contribution in [0.1, 0.15) is 36.1 Å². The molecule has 0 saturated carbocycles. The largest absolute Gasteiger partial charge is 0.305 e. The van der Waals surface area contributed by atoms with Crippen LogP contribution in [0.15, 0.2) is 109 Å². The molecular weight excluding hydrogens is 665 g/mol. The third-order valence-electron chi connectivity index (χ3n) is 7.78. The maximum absolute atomic E-state index is 4.74. The molecule has 6 aromatic rings. The zero-order chi connectivity index (χ0) is 26.4. The molecule has 2 aliphatic carbocycles. The Morgan fingerprint density at radius 1 is 0.650 bits per heavy atom. The third-order valence-corrected chi connectivity index (χ3v) is 7.78. The fourth-order valence-corrected chi connectivity index (χ4v) is 5.80. The SMILES string of the molecule is CC1(C)c2ccccc2-c2c[c-]c(-c3ccccn3)cc21.[Ir].[c-]1ccccc1-c1cc2c3c(cccc3n1)C=C2. The Morgan fingerprint density at radius 2 is 1.48 bits per heavy atom. The van der Waals surface area contributed by atoms with Crippen LogP contribution in [0.2, 0.25) is 0 Å². The van der Waals surface area contributed by atoms with Gasteiger partial charge in [-0.15, -0.1) is 65.2 Å². The van der Waals surface area contributed by atoms with Crippen LogP contribution >= 0.6 is 0 Å². The van der Waals surface area contributed by atoms with Gasteiger partial charge in [-0.05, 0) is 45.6 Å². The summed E-state index contributed by atoms with van der Waals surface area (Å²) in [5.41, 5.74) is 13.1. The molecule has 0 atom stereocenters. The van der Waals surface area contributed by atoms with Crippen LogP contribution in [0.5, 0.6) is 0 Å². The maximum Gasteiger partial charge on any atom is 0.0607 e. The van der Waals surface area contributed by atoms with E-state index in [2.05, 4.69) is 104 Å². The number of aromatic nitrogens is 2. The summed E-state index contributed by atoms with van der Waals surface area (Å²) in [6.07, 6.45) is 6.14. The Balaban J connectivity index is 0.000000143. The van der Waals surface area contributed by atoms with Gasteiger partial charge in [0.1, 0.15) is 0 Å². The van der Waals surface area contributed by atoms with E-state index in [9.17, 15) is 0 Å². The first-order chi connectivity index (χ1) is 19.1. The van der Waals surface area contributed by atoms with Gasteiger partial charge >= 0.3 is 0 Å². The zero-order valence-corrected chi connectivity index (χ0v) is 24.7. The average Bonchev–Trinajstić information content (AvgIpc) is 3.51. The number of fused-ring (bicyclic) bond motifs is 3. The van der Waals surface area contributed by atoms with Gasteiger partial charge in [-0.1, -0.05) is 91.7 Å². The molecule has 2 heterocycles. The van der Waals surface area contributed by atoms with Gasteiger partial charge in [-0.25, -0.2) is 0 Å². The van der Waals surface area contributed by atoms with Crippen LogP contribution in [0.3, 0.4) is 0 Å². The Bertz CT molecular complexity index is 1870. The molecular formula is C37H26IrN2-2. The van der Waals surface area contributed by atoms with Crippen molar-refractivity contribution in [3.05, 3.63) is 144 Å². The standard InChI is InChI=1S/C20H16N.C17H10N.Ir/c1-20(2)17-8-4-3-7-15(17)16-11-10-14(13-18(16)20)19-9-5-6-12-21-19;1-2-5-12(6-3-1)16-11-14-10-9-13-7-4-8-15(18-16)17(13)14;/h3-9,11-13H,1-2H3;1-5,7-11H;/q2*-1;. The number of rotatable bonds is 2. The molecule has 0 bridgehead atoms. The molecule has 0 saturated heterocycles. The molecule has 40 heavy (non-hydrogen) atoms. The van der Waals surface area contributed by atoms with E-state index in [1.807, 2.05) is 48.7 Å². The van der Waals surface area contributed by atoms with Crippen molar-refractivity contribution in [1.82, 2.24) is 9.97 Å². The van der Waals surface area contributed by atoms with E-state index in [1.165, 1.54) is 38.8 Å². The molecule has 4 aromatic carbocycles. The van der Waals surface area contributed by atoms with Crippen molar-refractivity contribution in [1.29, 1.82) is 0 Å². The Labute approximate surface area is 248 Å². The molecule has 0 N–H and O–H groups in total. The molecule has 0 amide bonds. The molecule has 2 aromatic heterocycles. The second-order valence-electron chi connectivity index (χ2n) is 10.5. The van der Waals surface area contributed by atoms with Crippen LogP contribution in [-0.2, 0) is 25.5 Å². The number of hydrogen-bond donors (Lipinski definition) is 0. The maximum atomic E-state index is 4.74. The van der Waals surface area contributed by atoms with Gasteiger partial charge in [0.05, 0.1) is 5.52 Å². The van der Waals surface area contributed by atoms with Gasteiger partial charge in [-0.3, -0.25) is 4.98 Å². The van der Waals surface area contributed by atoms with Crippen LogP contribution in [0.4, 0.5) is 0 Å². The van der Waals surface area contributed by atoms with Crippen molar-refractivity contribution in [2.24, 2.45) is 0 Å². The molecule has 0 fully saturated rings. The summed E-state index contributed by atoms with van der Waals surface area (Å²) in [5, 5.41) is 1.26. The van der Waals surface area contributed by atoms with Crippen molar-refractivity contribution < 1.29 is 20.1 Å². The second kappa shape index (κ2) is 10.4. The Morgan fingerprint density at radius 3 is 2.30 bits per heavy atom. The minimum Gasteiger partial charge on any atom is -0.305 e. The summed E-state index contributed by atoms with van der Waals surface area (Å²) in [6, 6.07) is 42.0. The van der Waals surface area contributed by atoms with E-state index in [4.69, 9.17) is 4.98 Å². The van der Waals surface area contributed by atoms with Gasteiger partial charge < -0.3 is 4.98 Å². The number of benzene rings is 4. The number of nitrogens with zero attached hydrogens (tertiary/aromatic N) is 2. The van der Waals surface area contributed by atoms with Crippen LogP contribution in [0, 0.1) is 12.1 Å². The minimum absolute atomic E-state index is 0. The van der Waals surface area contributed by atoms with Gasteiger partial charge in [0.25, 0.3) is 0 Å². The van der Waals surface area contributed by atoms with Crippen LogP contribution < -0.4 is 0 Å². The van der Waals surface area contributed by atoms with E-state index in [0.29, 0.717) is 0 Å². The fraction of sp³-hybridized carbons (Fsp3) is 0.0811. The number of hydrogen-bond acceptors (Lipinski definition) is 2. The third kappa shape index (κ3) is 4.42. The molecule has 2 nitrogen and oxygen atoms in total. The molecule has 0 aliphatic heterocycles. The van der Waals surface area contributed by atoms with E-state index in [-0.39, 0.29) is 25.5 Å².